The fourth-order valence-electron chi connectivity index (χ4n) is 2.85. The first-order valence-corrected chi connectivity index (χ1v) is 10.7. The van der Waals surface area contributed by atoms with Gasteiger partial charge >= 0.3 is 13.2 Å². The Bertz CT molecular complexity index is 1230. The summed E-state index contributed by atoms with van der Waals surface area (Å²) in [6.07, 6.45) is 1.03. The minimum Gasteiger partial charge on any atom is -0.433 e. The number of hydrogen-bond donors (Lipinski definition) is 2. The van der Waals surface area contributed by atoms with E-state index >= 15 is 0 Å². The van der Waals surface area contributed by atoms with E-state index < -0.39 is 31.0 Å². The van der Waals surface area contributed by atoms with Crippen molar-refractivity contribution in [3.05, 3.63) is 52.0 Å². The second-order valence-electron chi connectivity index (χ2n) is 6.75. The summed E-state index contributed by atoms with van der Waals surface area (Å²) in [6.45, 7) is -4.73. The predicted octanol–water partition coefficient (Wildman–Crippen LogP) is 4.22. The molecule has 0 fully saturated rings. The molecule has 0 bridgehead atoms. The van der Waals surface area contributed by atoms with Crippen molar-refractivity contribution in [3.63, 3.8) is 0 Å². The van der Waals surface area contributed by atoms with Gasteiger partial charge in [0.15, 0.2) is 5.13 Å². The van der Waals surface area contributed by atoms with Gasteiger partial charge in [-0.3, -0.25) is 9.59 Å². The number of benzene rings is 1. The van der Waals surface area contributed by atoms with E-state index in [4.69, 9.17) is 23.1 Å². The van der Waals surface area contributed by atoms with Crippen LogP contribution in [0.1, 0.15) is 22.2 Å². The van der Waals surface area contributed by atoms with Crippen LogP contribution in [0.4, 0.5) is 34.2 Å². The van der Waals surface area contributed by atoms with E-state index in [1.165, 1.54) is 36.1 Å². The molecule has 4 N–H and O–H groups in total. The number of alkyl halides is 4. The van der Waals surface area contributed by atoms with E-state index in [-0.39, 0.29) is 43.7 Å². The van der Waals surface area contributed by atoms with Gasteiger partial charge in [0.1, 0.15) is 22.5 Å². The van der Waals surface area contributed by atoms with E-state index in [9.17, 15) is 27.2 Å². The van der Waals surface area contributed by atoms with Crippen LogP contribution in [0.5, 0.6) is 11.6 Å². The van der Waals surface area contributed by atoms with Crippen molar-refractivity contribution in [1.82, 2.24) is 9.97 Å². The molecule has 0 saturated heterocycles. The van der Waals surface area contributed by atoms with Crippen molar-refractivity contribution in [3.8, 4) is 11.6 Å². The highest BCUT2D eigenvalue weighted by atomic mass is 35.5. The summed E-state index contributed by atoms with van der Waals surface area (Å²) >= 11 is 6.85. The van der Waals surface area contributed by atoms with Crippen molar-refractivity contribution in [2.24, 2.45) is 5.73 Å². The van der Waals surface area contributed by atoms with Crippen LogP contribution in [0, 0.1) is 0 Å². The van der Waals surface area contributed by atoms with Gasteiger partial charge in [-0.05, 0) is 31.2 Å². The molecule has 9 nitrogen and oxygen atoms in total. The predicted molar refractivity (Wildman–Crippen MR) is 120 cm³/mol. The smallest absolute Gasteiger partial charge is 0.388 e. The summed E-state index contributed by atoms with van der Waals surface area (Å²) in [5.41, 5.74) is 11.6. The van der Waals surface area contributed by atoms with E-state index in [1.807, 2.05) is 0 Å². The number of ether oxygens (including phenoxy) is 2. The van der Waals surface area contributed by atoms with Crippen LogP contribution in [0.25, 0.3) is 0 Å². The molecule has 2 aromatic heterocycles. The number of anilines is 3. The highest BCUT2D eigenvalue weighted by Gasteiger charge is 2.28. The zero-order valence-corrected chi connectivity index (χ0v) is 19.2. The van der Waals surface area contributed by atoms with Gasteiger partial charge in [0, 0.05) is 23.5 Å². The lowest BCUT2D eigenvalue weighted by molar-refractivity contribution is -0.118. The van der Waals surface area contributed by atoms with Gasteiger partial charge in [-0.1, -0.05) is 22.9 Å². The third kappa shape index (κ3) is 6.08. The Labute approximate surface area is 204 Å². The zero-order valence-electron chi connectivity index (χ0n) is 17.6. The maximum atomic E-state index is 12.9. The first kappa shape index (κ1) is 26.0. The van der Waals surface area contributed by atoms with Gasteiger partial charge in [0.05, 0.1) is 5.02 Å². The molecule has 1 unspecified atom stereocenters. The van der Waals surface area contributed by atoms with Crippen molar-refractivity contribution in [2.45, 2.75) is 26.2 Å². The molecule has 3 rings (SSSR count). The number of nitrogen functional groups attached to an aromatic ring is 1. The number of hydrogen-bond acceptors (Lipinski definition) is 9. The standard InChI is InChI=1S/C20H16ClF4N5O4S/c1-8(17(27)32)30(10-3-4-12(11(21)6-10)33-18(22)23)20-29-16(26)15(35-20)14(31)9-2-5-13(28-7-9)34-19(24)25/h2-8,18-19H,26H2,1H3,(H2,27,32). The number of nitrogens with zero attached hydrogens (tertiary/aromatic N) is 3. The van der Waals surface area contributed by atoms with Crippen LogP contribution in [-0.4, -0.2) is 40.9 Å². The minimum atomic E-state index is -3.10. The summed E-state index contributed by atoms with van der Waals surface area (Å²) < 4.78 is 58.2. The highest BCUT2D eigenvalue weighted by molar-refractivity contribution is 7.18. The summed E-state index contributed by atoms with van der Waals surface area (Å²) in [4.78, 5) is 34.0. The van der Waals surface area contributed by atoms with Gasteiger partial charge < -0.3 is 25.8 Å². The second-order valence-corrected chi connectivity index (χ2v) is 8.13. The number of carbonyl (C=O) groups excluding carboxylic acids is 2. The molecule has 0 aliphatic heterocycles. The first-order chi connectivity index (χ1) is 16.5. The van der Waals surface area contributed by atoms with Crippen LogP contribution in [-0.2, 0) is 4.79 Å². The van der Waals surface area contributed by atoms with E-state index in [2.05, 4.69) is 19.4 Å². The molecule has 0 saturated carbocycles. The monoisotopic (exact) mass is 533 g/mol. The van der Waals surface area contributed by atoms with Gasteiger partial charge in [0.25, 0.3) is 0 Å². The Balaban J connectivity index is 1.97. The Kier molecular flexibility index (Phi) is 7.96. The van der Waals surface area contributed by atoms with Gasteiger partial charge in [0.2, 0.25) is 17.6 Å². The Morgan fingerprint density at radius 1 is 1.11 bits per heavy atom. The largest absolute Gasteiger partial charge is 0.433 e. The fourth-order valence-corrected chi connectivity index (χ4v) is 4.12. The van der Waals surface area contributed by atoms with Crippen molar-refractivity contribution >= 4 is 51.3 Å². The number of aromatic nitrogens is 2. The number of primary amides is 1. The number of ketones is 1. The molecular weight excluding hydrogens is 518 g/mol. The second kappa shape index (κ2) is 10.7. The number of pyridine rings is 1. The number of thiazole rings is 1. The normalized spacial score (nSPS) is 12.0. The lowest BCUT2D eigenvalue weighted by Gasteiger charge is -2.27. The summed E-state index contributed by atoms with van der Waals surface area (Å²) in [6, 6.07) is 5.05. The molecule has 15 heteroatoms. The summed E-state index contributed by atoms with van der Waals surface area (Å²) in [5.74, 6) is -2.25. The fraction of sp³-hybridized carbons (Fsp3) is 0.200. The van der Waals surface area contributed by atoms with Crippen LogP contribution in [0.2, 0.25) is 5.02 Å². The topological polar surface area (TPSA) is 134 Å². The van der Waals surface area contributed by atoms with Crippen LogP contribution >= 0.6 is 22.9 Å². The maximum absolute atomic E-state index is 12.9. The van der Waals surface area contributed by atoms with Crippen molar-refractivity contribution in [1.29, 1.82) is 0 Å². The van der Waals surface area contributed by atoms with Gasteiger partial charge in [-0.15, -0.1) is 0 Å². The average molecular weight is 534 g/mol. The summed E-state index contributed by atoms with van der Waals surface area (Å²) in [7, 11) is 0. The third-order valence-electron chi connectivity index (χ3n) is 4.47. The number of carbonyl (C=O) groups is 2. The highest BCUT2D eigenvalue weighted by Crippen LogP contribution is 2.38. The maximum Gasteiger partial charge on any atom is 0.388 e. The van der Waals surface area contributed by atoms with Gasteiger partial charge in [-0.25, -0.2) is 9.97 Å². The molecule has 2 heterocycles. The molecular formula is C20H16ClF4N5O4S. The average Bonchev–Trinajstić information content (AvgIpc) is 3.16. The first-order valence-electron chi connectivity index (χ1n) is 9.52. The number of rotatable bonds is 10. The molecule has 35 heavy (non-hydrogen) atoms. The number of amides is 1. The number of nitrogens with two attached hydrogens (primary N) is 2. The zero-order chi connectivity index (χ0) is 25.9. The van der Waals surface area contributed by atoms with Crippen LogP contribution < -0.4 is 25.8 Å². The Morgan fingerprint density at radius 3 is 2.34 bits per heavy atom. The molecule has 186 valence electrons. The van der Waals surface area contributed by atoms with Crippen molar-refractivity contribution < 1.29 is 36.6 Å². The van der Waals surface area contributed by atoms with Gasteiger partial charge in [-0.2, -0.15) is 17.6 Å². The molecule has 0 spiro atoms. The molecule has 0 radical (unpaired) electrons. The molecule has 0 aliphatic carbocycles. The molecule has 1 atom stereocenters. The van der Waals surface area contributed by atoms with E-state index in [0.717, 1.165) is 23.6 Å². The Morgan fingerprint density at radius 2 is 1.80 bits per heavy atom. The summed E-state index contributed by atoms with van der Waals surface area (Å²) in [5, 5.41) is -0.108. The lowest BCUT2D eigenvalue weighted by Crippen LogP contribution is -2.39. The van der Waals surface area contributed by atoms with Crippen LogP contribution in [0.15, 0.2) is 36.5 Å². The third-order valence-corrected chi connectivity index (χ3v) is 5.84. The molecule has 1 amide bonds. The quantitative estimate of drug-likeness (QED) is 0.292. The van der Waals surface area contributed by atoms with E-state index in [1.54, 1.807) is 0 Å². The van der Waals surface area contributed by atoms with E-state index in [0.29, 0.717) is 0 Å². The number of halogens is 5. The lowest BCUT2D eigenvalue weighted by atomic mass is 10.1. The molecule has 0 aliphatic rings. The van der Waals surface area contributed by atoms with Crippen molar-refractivity contribution in [2.75, 3.05) is 10.6 Å². The van der Waals surface area contributed by atoms with Crippen LogP contribution in [0.3, 0.4) is 0 Å². The minimum absolute atomic E-state index is 0.0135. The Hall–Kier alpha value is -3.65. The molecule has 1 aromatic carbocycles. The SMILES string of the molecule is CC(C(N)=O)N(c1ccc(OC(F)F)c(Cl)c1)c1nc(N)c(C(=O)c2ccc(OC(F)F)nc2)s1. The molecule has 3 aromatic rings.